The van der Waals surface area contributed by atoms with Gasteiger partial charge in [-0.1, -0.05) is 6.07 Å². The van der Waals surface area contributed by atoms with Crippen LogP contribution < -0.4 is 10.2 Å². The standard InChI is InChI=1S/C16H21N5OS/c1-12-14(23-11-19-12)16(22)18-10-13-4-3-5-17-15(13)21-8-6-20(2)7-9-21/h3-5,11H,6-10H2,1-2H3,(H,18,22). The van der Waals surface area contributed by atoms with E-state index < -0.39 is 0 Å². The van der Waals surface area contributed by atoms with Crippen LogP contribution in [0.1, 0.15) is 20.9 Å². The molecule has 6 nitrogen and oxygen atoms in total. The minimum Gasteiger partial charge on any atom is -0.354 e. The number of amides is 1. The van der Waals surface area contributed by atoms with E-state index in [2.05, 4.69) is 32.1 Å². The monoisotopic (exact) mass is 331 g/mol. The Morgan fingerprint density at radius 3 is 2.78 bits per heavy atom. The number of carbonyl (C=O) groups excluding carboxylic acids is 1. The van der Waals surface area contributed by atoms with Crippen molar-refractivity contribution in [2.45, 2.75) is 13.5 Å². The van der Waals surface area contributed by atoms with Gasteiger partial charge in [0, 0.05) is 44.5 Å². The summed E-state index contributed by atoms with van der Waals surface area (Å²) < 4.78 is 0. The van der Waals surface area contributed by atoms with Crippen molar-refractivity contribution >= 4 is 23.1 Å². The fraction of sp³-hybridized carbons (Fsp3) is 0.438. The lowest BCUT2D eigenvalue weighted by Gasteiger charge is -2.34. The highest BCUT2D eigenvalue weighted by Crippen LogP contribution is 2.19. The maximum Gasteiger partial charge on any atom is 0.263 e. The Morgan fingerprint density at radius 1 is 1.30 bits per heavy atom. The van der Waals surface area contributed by atoms with Gasteiger partial charge in [0.2, 0.25) is 0 Å². The molecule has 3 heterocycles. The van der Waals surface area contributed by atoms with Gasteiger partial charge in [0.05, 0.1) is 11.2 Å². The number of hydrogen-bond acceptors (Lipinski definition) is 6. The first kappa shape index (κ1) is 15.9. The summed E-state index contributed by atoms with van der Waals surface area (Å²) in [6, 6.07) is 3.94. The minimum atomic E-state index is -0.0711. The van der Waals surface area contributed by atoms with Crippen LogP contribution in [0, 0.1) is 6.92 Å². The molecular formula is C16H21N5OS. The van der Waals surface area contributed by atoms with E-state index in [1.165, 1.54) is 11.3 Å². The van der Waals surface area contributed by atoms with Gasteiger partial charge < -0.3 is 15.1 Å². The first-order chi connectivity index (χ1) is 11.1. The van der Waals surface area contributed by atoms with E-state index >= 15 is 0 Å². The van der Waals surface area contributed by atoms with Crippen LogP contribution in [0.25, 0.3) is 0 Å². The van der Waals surface area contributed by atoms with E-state index in [0.717, 1.165) is 43.3 Å². The van der Waals surface area contributed by atoms with Crippen molar-refractivity contribution in [1.82, 2.24) is 20.2 Å². The smallest absolute Gasteiger partial charge is 0.263 e. The summed E-state index contributed by atoms with van der Waals surface area (Å²) in [6.07, 6.45) is 1.81. The van der Waals surface area contributed by atoms with E-state index in [-0.39, 0.29) is 5.91 Å². The number of hydrogen-bond donors (Lipinski definition) is 1. The Kier molecular flexibility index (Phi) is 4.88. The molecule has 1 fully saturated rings. The van der Waals surface area contributed by atoms with Crippen LogP contribution >= 0.6 is 11.3 Å². The van der Waals surface area contributed by atoms with Crippen LogP contribution in [0.15, 0.2) is 23.8 Å². The average Bonchev–Trinajstić information content (AvgIpc) is 3.00. The van der Waals surface area contributed by atoms with Crippen LogP contribution in [-0.4, -0.2) is 54.0 Å². The van der Waals surface area contributed by atoms with Crippen molar-refractivity contribution in [3.63, 3.8) is 0 Å². The van der Waals surface area contributed by atoms with Crippen molar-refractivity contribution in [3.8, 4) is 0 Å². The zero-order valence-electron chi connectivity index (χ0n) is 13.5. The Labute approximate surface area is 140 Å². The number of nitrogens with one attached hydrogen (secondary N) is 1. The van der Waals surface area contributed by atoms with Gasteiger partial charge in [-0.05, 0) is 20.0 Å². The molecule has 23 heavy (non-hydrogen) atoms. The molecule has 2 aromatic heterocycles. The lowest BCUT2D eigenvalue weighted by molar-refractivity contribution is 0.0954. The van der Waals surface area contributed by atoms with Crippen molar-refractivity contribution in [2.24, 2.45) is 0 Å². The van der Waals surface area contributed by atoms with E-state index in [4.69, 9.17) is 0 Å². The van der Waals surface area contributed by atoms with Gasteiger partial charge in [0.15, 0.2) is 0 Å². The van der Waals surface area contributed by atoms with Gasteiger partial charge in [-0.15, -0.1) is 11.3 Å². The SMILES string of the molecule is Cc1ncsc1C(=O)NCc1cccnc1N1CCN(C)CC1. The van der Waals surface area contributed by atoms with Gasteiger partial charge in [-0.25, -0.2) is 9.97 Å². The van der Waals surface area contributed by atoms with Crippen molar-refractivity contribution in [3.05, 3.63) is 40.0 Å². The summed E-state index contributed by atoms with van der Waals surface area (Å²) in [5.41, 5.74) is 3.52. The summed E-state index contributed by atoms with van der Waals surface area (Å²) in [5.74, 6) is 0.903. The second kappa shape index (κ2) is 7.06. The highest BCUT2D eigenvalue weighted by atomic mass is 32.1. The Balaban J connectivity index is 1.69. The molecule has 0 spiro atoms. The first-order valence-corrected chi connectivity index (χ1v) is 8.59. The molecule has 1 amide bonds. The lowest BCUT2D eigenvalue weighted by Crippen LogP contribution is -2.45. The van der Waals surface area contributed by atoms with Crippen LogP contribution in [0.3, 0.4) is 0 Å². The zero-order valence-corrected chi connectivity index (χ0v) is 14.3. The molecule has 122 valence electrons. The highest BCUT2D eigenvalue weighted by Gasteiger charge is 2.18. The van der Waals surface area contributed by atoms with E-state index in [9.17, 15) is 4.79 Å². The number of likely N-dealkylation sites (N-methyl/N-ethyl adjacent to an activating group) is 1. The molecule has 7 heteroatoms. The van der Waals surface area contributed by atoms with Crippen LogP contribution in [-0.2, 0) is 6.54 Å². The number of rotatable bonds is 4. The maximum atomic E-state index is 12.2. The Bertz CT molecular complexity index is 679. The molecule has 2 aromatic rings. The summed E-state index contributed by atoms with van der Waals surface area (Å²) in [5, 5.41) is 2.98. The molecule has 1 N–H and O–H groups in total. The molecule has 0 radical (unpaired) electrons. The second-order valence-corrected chi connectivity index (χ2v) is 6.58. The molecular weight excluding hydrogens is 310 g/mol. The fourth-order valence-electron chi connectivity index (χ4n) is 2.65. The third-order valence-corrected chi connectivity index (χ3v) is 4.99. The molecule has 0 atom stereocenters. The summed E-state index contributed by atoms with van der Waals surface area (Å²) in [6.45, 7) is 6.31. The minimum absolute atomic E-state index is 0.0711. The second-order valence-electron chi connectivity index (χ2n) is 5.73. The number of aryl methyl sites for hydroxylation is 1. The Hall–Kier alpha value is -1.99. The summed E-state index contributed by atoms with van der Waals surface area (Å²) in [7, 11) is 2.13. The lowest BCUT2D eigenvalue weighted by atomic mass is 10.2. The van der Waals surface area contributed by atoms with Crippen LogP contribution in [0.4, 0.5) is 5.82 Å². The molecule has 1 aliphatic heterocycles. The number of piperazine rings is 1. The van der Waals surface area contributed by atoms with Crippen molar-refractivity contribution in [1.29, 1.82) is 0 Å². The topological polar surface area (TPSA) is 61.4 Å². The zero-order chi connectivity index (χ0) is 16.2. The summed E-state index contributed by atoms with van der Waals surface area (Å²) >= 11 is 1.37. The Morgan fingerprint density at radius 2 is 2.09 bits per heavy atom. The maximum absolute atomic E-state index is 12.2. The van der Waals surface area contributed by atoms with Gasteiger partial charge in [-0.2, -0.15) is 0 Å². The number of pyridine rings is 1. The van der Waals surface area contributed by atoms with Crippen LogP contribution in [0.2, 0.25) is 0 Å². The molecule has 1 aliphatic rings. The normalized spacial score (nSPS) is 15.7. The fourth-order valence-corrected chi connectivity index (χ4v) is 3.37. The molecule has 0 unspecified atom stereocenters. The quantitative estimate of drug-likeness (QED) is 0.921. The first-order valence-electron chi connectivity index (χ1n) is 7.71. The molecule has 0 aromatic carbocycles. The predicted molar refractivity (Wildman–Crippen MR) is 92.0 cm³/mol. The average molecular weight is 331 g/mol. The van der Waals surface area contributed by atoms with E-state index in [1.807, 2.05) is 25.3 Å². The molecule has 0 aliphatic carbocycles. The van der Waals surface area contributed by atoms with Gasteiger partial charge >= 0.3 is 0 Å². The van der Waals surface area contributed by atoms with Crippen LogP contribution in [0.5, 0.6) is 0 Å². The van der Waals surface area contributed by atoms with Crippen molar-refractivity contribution in [2.75, 3.05) is 38.1 Å². The van der Waals surface area contributed by atoms with E-state index in [0.29, 0.717) is 11.4 Å². The van der Waals surface area contributed by atoms with Gasteiger partial charge in [0.25, 0.3) is 5.91 Å². The largest absolute Gasteiger partial charge is 0.354 e. The molecule has 0 bridgehead atoms. The number of aromatic nitrogens is 2. The summed E-state index contributed by atoms with van der Waals surface area (Å²) in [4.78, 5) is 26.2. The molecule has 0 saturated carbocycles. The van der Waals surface area contributed by atoms with Gasteiger partial charge in [0.1, 0.15) is 10.7 Å². The number of carbonyl (C=O) groups is 1. The van der Waals surface area contributed by atoms with E-state index in [1.54, 1.807) is 5.51 Å². The molecule has 3 rings (SSSR count). The third kappa shape index (κ3) is 3.68. The molecule has 1 saturated heterocycles. The predicted octanol–water partition coefficient (Wildman–Crippen LogP) is 1.53. The number of anilines is 1. The number of thiazole rings is 1. The van der Waals surface area contributed by atoms with Crippen molar-refractivity contribution < 1.29 is 4.79 Å². The third-order valence-electron chi connectivity index (χ3n) is 4.06. The highest BCUT2D eigenvalue weighted by molar-refractivity contribution is 7.11. The van der Waals surface area contributed by atoms with Gasteiger partial charge in [-0.3, -0.25) is 4.79 Å². The number of nitrogens with zero attached hydrogens (tertiary/aromatic N) is 4.